The van der Waals surface area contributed by atoms with Gasteiger partial charge in [-0.2, -0.15) is 5.26 Å². The van der Waals surface area contributed by atoms with E-state index in [9.17, 15) is 0 Å². The topological polar surface area (TPSA) is 73.5 Å². The number of nitriles is 1. The minimum atomic E-state index is -1.55. The Balaban J connectivity index is 3.33. The summed E-state index contributed by atoms with van der Waals surface area (Å²) in [4.78, 5) is 0. The van der Waals surface area contributed by atoms with Gasteiger partial charge in [-0.3, -0.25) is 0 Å². The monoisotopic (exact) mass is 191 g/mol. The van der Waals surface area contributed by atoms with Crippen molar-refractivity contribution in [3.05, 3.63) is 23.3 Å². The molecule has 1 aromatic rings. The summed E-state index contributed by atoms with van der Waals surface area (Å²) in [5.74, 6) is 0.357. The van der Waals surface area contributed by atoms with Crippen molar-refractivity contribution in [1.29, 1.82) is 5.26 Å². The number of benzene rings is 1. The SMILES string of the molecule is COc1cc(B(O)O)cc(C)c1C#N. The standard InChI is InChI=1S/C9H10BNO3/c1-6-3-7(10(12)13)4-9(14-2)8(6)5-11/h3-4,12-13H,1-2H3. The molecule has 4 nitrogen and oxygen atoms in total. The molecule has 0 atom stereocenters. The van der Waals surface area contributed by atoms with Crippen molar-refractivity contribution in [2.45, 2.75) is 6.92 Å². The Morgan fingerprint density at radius 2 is 2.07 bits per heavy atom. The summed E-state index contributed by atoms with van der Waals surface area (Å²) in [6, 6.07) is 4.98. The first-order valence-corrected chi connectivity index (χ1v) is 4.05. The molecule has 0 saturated heterocycles. The maximum atomic E-state index is 8.95. The van der Waals surface area contributed by atoms with Crippen LogP contribution in [0, 0.1) is 18.3 Å². The lowest BCUT2D eigenvalue weighted by atomic mass is 9.79. The average molecular weight is 191 g/mol. The van der Waals surface area contributed by atoms with Crippen molar-refractivity contribution in [3.63, 3.8) is 0 Å². The predicted molar refractivity (Wildman–Crippen MR) is 52.3 cm³/mol. The van der Waals surface area contributed by atoms with Gasteiger partial charge in [-0.05, 0) is 24.0 Å². The molecule has 5 heteroatoms. The largest absolute Gasteiger partial charge is 0.495 e. The Hall–Kier alpha value is -1.51. The van der Waals surface area contributed by atoms with Gasteiger partial charge in [-0.1, -0.05) is 6.07 Å². The van der Waals surface area contributed by atoms with Crippen LogP contribution in [0.4, 0.5) is 0 Å². The molecule has 0 aromatic heterocycles. The number of hydrogen-bond acceptors (Lipinski definition) is 4. The van der Waals surface area contributed by atoms with E-state index in [0.717, 1.165) is 0 Å². The fourth-order valence-corrected chi connectivity index (χ4v) is 1.24. The van der Waals surface area contributed by atoms with Gasteiger partial charge in [-0.15, -0.1) is 0 Å². The molecule has 0 amide bonds. The Morgan fingerprint density at radius 3 is 2.50 bits per heavy atom. The Morgan fingerprint density at radius 1 is 1.43 bits per heavy atom. The summed E-state index contributed by atoms with van der Waals surface area (Å²) in [5.41, 5.74) is 1.39. The van der Waals surface area contributed by atoms with Crippen molar-refractivity contribution < 1.29 is 14.8 Å². The summed E-state index contributed by atoms with van der Waals surface area (Å²) in [6.07, 6.45) is 0. The average Bonchev–Trinajstić information content (AvgIpc) is 2.16. The molecule has 0 bridgehead atoms. The van der Waals surface area contributed by atoms with Crippen LogP contribution in [0.1, 0.15) is 11.1 Å². The maximum absolute atomic E-state index is 8.95. The molecular weight excluding hydrogens is 181 g/mol. The molecule has 14 heavy (non-hydrogen) atoms. The molecule has 0 spiro atoms. The van der Waals surface area contributed by atoms with Gasteiger partial charge in [0.2, 0.25) is 0 Å². The molecule has 0 heterocycles. The van der Waals surface area contributed by atoms with Crippen LogP contribution >= 0.6 is 0 Å². The molecular formula is C9H10BNO3. The number of ether oxygens (including phenoxy) is 1. The lowest BCUT2D eigenvalue weighted by Gasteiger charge is -2.08. The van der Waals surface area contributed by atoms with Crippen molar-refractivity contribution in [2.24, 2.45) is 0 Å². The van der Waals surface area contributed by atoms with Crippen LogP contribution in [0.5, 0.6) is 5.75 Å². The van der Waals surface area contributed by atoms with Crippen molar-refractivity contribution in [3.8, 4) is 11.8 Å². The zero-order valence-corrected chi connectivity index (χ0v) is 7.98. The highest BCUT2D eigenvalue weighted by Gasteiger charge is 2.15. The van der Waals surface area contributed by atoms with E-state index >= 15 is 0 Å². The third-order valence-electron chi connectivity index (χ3n) is 1.95. The van der Waals surface area contributed by atoms with Gasteiger partial charge in [-0.25, -0.2) is 0 Å². The van der Waals surface area contributed by atoms with E-state index in [1.807, 2.05) is 6.07 Å². The Bertz CT molecular complexity index is 384. The Labute approximate surface area is 82.5 Å². The van der Waals surface area contributed by atoms with Crippen LogP contribution < -0.4 is 10.2 Å². The van der Waals surface area contributed by atoms with E-state index in [4.69, 9.17) is 20.0 Å². The third-order valence-corrected chi connectivity index (χ3v) is 1.95. The normalized spacial score (nSPS) is 9.36. The van der Waals surface area contributed by atoms with Crippen LogP contribution in [-0.4, -0.2) is 24.3 Å². The highest BCUT2D eigenvalue weighted by atomic mass is 16.5. The maximum Gasteiger partial charge on any atom is 0.488 e. The first-order chi connectivity index (χ1) is 6.60. The molecule has 0 fully saturated rings. The number of rotatable bonds is 2. The van der Waals surface area contributed by atoms with Gasteiger partial charge >= 0.3 is 7.12 Å². The predicted octanol–water partition coefficient (Wildman–Crippen LogP) is -0.445. The minimum absolute atomic E-state index is 0.318. The Kier molecular flexibility index (Phi) is 3.12. The van der Waals surface area contributed by atoms with Crippen LogP contribution in [-0.2, 0) is 0 Å². The third kappa shape index (κ3) is 1.87. The van der Waals surface area contributed by atoms with Crippen LogP contribution in [0.3, 0.4) is 0 Å². The molecule has 72 valence electrons. The molecule has 0 radical (unpaired) electrons. The van der Waals surface area contributed by atoms with E-state index < -0.39 is 7.12 Å². The minimum Gasteiger partial charge on any atom is -0.495 e. The van der Waals surface area contributed by atoms with E-state index in [-0.39, 0.29) is 0 Å². The molecule has 0 aliphatic rings. The second-order valence-electron chi connectivity index (χ2n) is 2.90. The molecule has 0 aliphatic carbocycles. The second-order valence-corrected chi connectivity index (χ2v) is 2.90. The van der Waals surface area contributed by atoms with Gasteiger partial charge in [0.15, 0.2) is 0 Å². The van der Waals surface area contributed by atoms with Crippen LogP contribution in [0.25, 0.3) is 0 Å². The van der Waals surface area contributed by atoms with Crippen molar-refractivity contribution in [2.75, 3.05) is 7.11 Å². The molecule has 0 aliphatic heterocycles. The van der Waals surface area contributed by atoms with Crippen LogP contribution in [0.2, 0.25) is 0 Å². The number of aryl methyl sites for hydroxylation is 1. The van der Waals surface area contributed by atoms with Gasteiger partial charge < -0.3 is 14.8 Å². The fraction of sp³-hybridized carbons (Fsp3) is 0.222. The lowest BCUT2D eigenvalue weighted by molar-refractivity contribution is 0.410. The lowest BCUT2D eigenvalue weighted by Crippen LogP contribution is -2.30. The zero-order chi connectivity index (χ0) is 10.7. The molecule has 0 unspecified atom stereocenters. The molecule has 0 saturated carbocycles. The van der Waals surface area contributed by atoms with E-state index in [1.54, 1.807) is 13.0 Å². The van der Waals surface area contributed by atoms with E-state index in [2.05, 4.69) is 0 Å². The van der Waals surface area contributed by atoms with Crippen molar-refractivity contribution >= 4 is 12.6 Å². The second kappa shape index (κ2) is 4.14. The van der Waals surface area contributed by atoms with Crippen LogP contribution in [0.15, 0.2) is 12.1 Å². The summed E-state index contributed by atoms with van der Waals surface area (Å²) >= 11 is 0. The zero-order valence-electron chi connectivity index (χ0n) is 7.98. The van der Waals surface area contributed by atoms with Gasteiger partial charge in [0.25, 0.3) is 0 Å². The van der Waals surface area contributed by atoms with Gasteiger partial charge in [0.1, 0.15) is 11.8 Å². The summed E-state index contributed by atoms with van der Waals surface area (Å²) in [7, 11) is -0.112. The first-order valence-electron chi connectivity index (χ1n) is 4.05. The molecule has 1 rings (SSSR count). The smallest absolute Gasteiger partial charge is 0.488 e. The van der Waals surface area contributed by atoms with E-state index in [1.165, 1.54) is 13.2 Å². The summed E-state index contributed by atoms with van der Waals surface area (Å²) in [6.45, 7) is 1.72. The quantitative estimate of drug-likeness (QED) is 0.621. The first kappa shape index (κ1) is 10.6. The van der Waals surface area contributed by atoms with E-state index in [0.29, 0.717) is 22.3 Å². The molecule has 1 aromatic carbocycles. The summed E-state index contributed by atoms with van der Waals surface area (Å²) in [5, 5.41) is 26.7. The number of nitrogens with zero attached hydrogens (tertiary/aromatic N) is 1. The highest BCUT2D eigenvalue weighted by Crippen LogP contribution is 2.19. The number of methoxy groups -OCH3 is 1. The molecule has 2 N–H and O–H groups in total. The van der Waals surface area contributed by atoms with Gasteiger partial charge in [0, 0.05) is 0 Å². The van der Waals surface area contributed by atoms with Crippen molar-refractivity contribution in [1.82, 2.24) is 0 Å². The van der Waals surface area contributed by atoms with Gasteiger partial charge in [0.05, 0.1) is 12.7 Å². The summed E-state index contributed by atoms with van der Waals surface area (Å²) < 4.78 is 4.96. The fourth-order valence-electron chi connectivity index (χ4n) is 1.24. The highest BCUT2D eigenvalue weighted by molar-refractivity contribution is 6.58. The number of hydrogen-bond donors (Lipinski definition) is 2.